The van der Waals surface area contributed by atoms with Crippen LogP contribution in [0.5, 0.6) is 11.5 Å². The minimum atomic E-state index is 0.510. The van der Waals surface area contributed by atoms with Crippen molar-refractivity contribution in [2.24, 2.45) is 0 Å². The Morgan fingerprint density at radius 2 is 1.85 bits per heavy atom. The van der Waals surface area contributed by atoms with Crippen molar-refractivity contribution in [1.82, 2.24) is 0 Å². The van der Waals surface area contributed by atoms with Gasteiger partial charge in [-0.1, -0.05) is 29.3 Å². The van der Waals surface area contributed by atoms with Gasteiger partial charge in [-0.3, -0.25) is 0 Å². The standard InChI is InChI=1S/C15H15Cl2NO2/c1-19-11-6-7-14(20-2)10(8-11)9-18-13-5-3-4-12(16)15(13)17/h3-8,18H,9H2,1-2H3. The summed E-state index contributed by atoms with van der Waals surface area (Å²) in [5, 5.41) is 4.28. The molecule has 106 valence electrons. The second-order valence-electron chi connectivity index (χ2n) is 4.13. The Hall–Kier alpha value is -1.58. The summed E-state index contributed by atoms with van der Waals surface area (Å²) < 4.78 is 10.6. The molecule has 0 saturated heterocycles. The van der Waals surface area contributed by atoms with Crippen LogP contribution in [0, 0.1) is 0 Å². The first kappa shape index (κ1) is 14.8. The van der Waals surface area contributed by atoms with Gasteiger partial charge in [0, 0.05) is 12.1 Å². The van der Waals surface area contributed by atoms with Crippen molar-refractivity contribution < 1.29 is 9.47 Å². The summed E-state index contributed by atoms with van der Waals surface area (Å²) in [6.07, 6.45) is 0. The lowest BCUT2D eigenvalue weighted by molar-refractivity contribution is 0.399. The highest BCUT2D eigenvalue weighted by atomic mass is 35.5. The molecule has 0 fully saturated rings. The first-order valence-electron chi connectivity index (χ1n) is 6.04. The Bertz CT molecular complexity index is 602. The molecule has 0 radical (unpaired) electrons. The Balaban J connectivity index is 2.19. The van der Waals surface area contributed by atoms with Crippen LogP contribution in [-0.2, 0) is 6.54 Å². The molecule has 0 unspecified atom stereocenters. The highest BCUT2D eigenvalue weighted by molar-refractivity contribution is 6.43. The first-order chi connectivity index (χ1) is 9.65. The van der Waals surface area contributed by atoms with Crippen molar-refractivity contribution in [2.75, 3.05) is 19.5 Å². The minimum absolute atomic E-state index is 0.510. The molecule has 20 heavy (non-hydrogen) atoms. The third kappa shape index (κ3) is 3.30. The second-order valence-corrected chi connectivity index (χ2v) is 4.92. The van der Waals surface area contributed by atoms with E-state index in [1.54, 1.807) is 20.3 Å². The number of hydrogen-bond acceptors (Lipinski definition) is 3. The molecule has 5 heteroatoms. The Morgan fingerprint density at radius 3 is 2.55 bits per heavy atom. The van der Waals surface area contributed by atoms with Gasteiger partial charge in [0.2, 0.25) is 0 Å². The van der Waals surface area contributed by atoms with Crippen molar-refractivity contribution in [3.8, 4) is 11.5 Å². The number of hydrogen-bond donors (Lipinski definition) is 1. The Kier molecular flexibility index (Phi) is 4.99. The number of ether oxygens (including phenoxy) is 2. The maximum atomic E-state index is 6.14. The molecule has 0 aromatic heterocycles. The molecular formula is C15H15Cl2NO2. The summed E-state index contributed by atoms with van der Waals surface area (Å²) >= 11 is 12.1. The van der Waals surface area contributed by atoms with Gasteiger partial charge in [0.15, 0.2) is 0 Å². The van der Waals surface area contributed by atoms with Gasteiger partial charge in [-0.2, -0.15) is 0 Å². The summed E-state index contributed by atoms with van der Waals surface area (Å²) in [6, 6.07) is 11.1. The highest BCUT2D eigenvalue weighted by Gasteiger charge is 2.07. The third-order valence-corrected chi connectivity index (χ3v) is 3.73. The van der Waals surface area contributed by atoms with E-state index >= 15 is 0 Å². The van der Waals surface area contributed by atoms with Gasteiger partial charge in [0.25, 0.3) is 0 Å². The number of anilines is 1. The lowest BCUT2D eigenvalue weighted by Gasteiger charge is -2.13. The number of benzene rings is 2. The van der Waals surface area contributed by atoms with Crippen LogP contribution in [-0.4, -0.2) is 14.2 Å². The Morgan fingerprint density at radius 1 is 1.05 bits per heavy atom. The summed E-state index contributed by atoms with van der Waals surface area (Å²) in [5.74, 6) is 1.57. The average molecular weight is 312 g/mol. The van der Waals surface area contributed by atoms with Crippen LogP contribution in [0.1, 0.15) is 5.56 Å². The van der Waals surface area contributed by atoms with E-state index < -0.39 is 0 Å². The normalized spacial score (nSPS) is 10.2. The van der Waals surface area contributed by atoms with Crippen molar-refractivity contribution >= 4 is 28.9 Å². The largest absolute Gasteiger partial charge is 0.497 e. The molecule has 0 bridgehead atoms. The fourth-order valence-corrected chi connectivity index (χ4v) is 2.22. The van der Waals surface area contributed by atoms with E-state index in [1.165, 1.54) is 0 Å². The van der Waals surface area contributed by atoms with E-state index in [4.69, 9.17) is 32.7 Å². The molecule has 0 aliphatic heterocycles. The molecule has 0 saturated carbocycles. The van der Waals surface area contributed by atoms with Crippen LogP contribution in [0.2, 0.25) is 10.0 Å². The van der Waals surface area contributed by atoms with E-state index in [9.17, 15) is 0 Å². The van der Waals surface area contributed by atoms with Crippen LogP contribution in [0.15, 0.2) is 36.4 Å². The number of nitrogens with one attached hydrogen (secondary N) is 1. The molecule has 0 amide bonds. The number of methoxy groups -OCH3 is 2. The molecule has 0 aliphatic rings. The van der Waals surface area contributed by atoms with Crippen LogP contribution in [0.25, 0.3) is 0 Å². The molecule has 3 nitrogen and oxygen atoms in total. The summed E-state index contributed by atoms with van der Waals surface area (Å²) in [7, 11) is 3.27. The van der Waals surface area contributed by atoms with E-state index in [0.717, 1.165) is 22.7 Å². The van der Waals surface area contributed by atoms with Gasteiger partial charge in [-0.25, -0.2) is 0 Å². The SMILES string of the molecule is COc1ccc(OC)c(CNc2cccc(Cl)c2Cl)c1. The van der Waals surface area contributed by atoms with E-state index in [1.807, 2.05) is 30.3 Å². The summed E-state index contributed by atoms with van der Waals surface area (Å²) in [4.78, 5) is 0. The van der Waals surface area contributed by atoms with E-state index in [2.05, 4.69) is 5.32 Å². The van der Waals surface area contributed by atoms with E-state index in [0.29, 0.717) is 16.6 Å². The van der Waals surface area contributed by atoms with Crippen LogP contribution >= 0.6 is 23.2 Å². The molecule has 0 atom stereocenters. The van der Waals surface area contributed by atoms with Crippen LogP contribution in [0.3, 0.4) is 0 Å². The molecule has 2 rings (SSSR count). The van der Waals surface area contributed by atoms with Crippen molar-refractivity contribution in [3.05, 3.63) is 52.0 Å². The zero-order chi connectivity index (χ0) is 14.5. The quantitative estimate of drug-likeness (QED) is 0.873. The Labute approximate surface area is 128 Å². The fraction of sp³-hybridized carbons (Fsp3) is 0.200. The van der Waals surface area contributed by atoms with Crippen molar-refractivity contribution in [1.29, 1.82) is 0 Å². The lowest BCUT2D eigenvalue weighted by Crippen LogP contribution is -2.02. The third-order valence-electron chi connectivity index (χ3n) is 2.91. The summed E-state index contributed by atoms with van der Waals surface area (Å²) in [6.45, 7) is 0.556. The monoisotopic (exact) mass is 311 g/mol. The van der Waals surface area contributed by atoms with Gasteiger partial charge < -0.3 is 14.8 Å². The average Bonchev–Trinajstić information content (AvgIpc) is 2.48. The zero-order valence-electron chi connectivity index (χ0n) is 11.2. The topological polar surface area (TPSA) is 30.5 Å². The van der Waals surface area contributed by atoms with E-state index in [-0.39, 0.29) is 0 Å². The molecule has 0 aliphatic carbocycles. The maximum absolute atomic E-state index is 6.14. The molecule has 0 spiro atoms. The van der Waals surface area contributed by atoms with Crippen LogP contribution in [0.4, 0.5) is 5.69 Å². The lowest BCUT2D eigenvalue weighted by atomic mass is 10.2. The van der Waals surface area contributed by atoms with Gasteiger partial charge in [0.05, 0.1) is 30.0 Å². The van der Waals surface area contributed by atoms with Crippen molar-refractivity contribution in [2.45, 2.75) is 6.54 Å². The van der Waals surface area contributed by atoms with Gasteiger partial charge in [-0.05, 0) is 30.3 Å². The summed E-state index contributed by atoms with van der Waals surface area (Å²) in [5.41, 5.74) is 1.76. The number of rotatable bonds is 5. The first-order valence-corrected chi connectivity index (χ1v) is 6.80. The van der Waals surface area contributed by atoms with Gasteiger partial charge in [0.1, 0.15) is 11.5 Å². The van der Waals surface area contributed by atoms with Gasteiger partial charge >= 0.3 is 0 Å². The predicted molar refractivity (Wildman–Crippen MR) is 83.3 cm³/mol. The van der Waals surface area contributed by atoms with Gasteiger partial charge in [-0.15, -0.1) is 0 Å². The maximum Gasteiger partial charge on any atom is 0.124 e. The molecule has 1 N–H and O–H groups in total. The molecule has 2 aromatic rings. The second kappa shape index (κ2) is 6.73. The molecular weight excluding hydrogens is 297 g/mol. The van der Waals surface area contributed by atoms with Crippen molar-refractivity contribution in [3.63, 3.8) is 0 Å². The molecule has 2 aromatic carbocycles. The highest BCUT2D eigenvalue weighted by Crippen LogP contribution is 2.31. The molecule has 0 heterocycles. The minimum Gasteiger partial charge on any atom is -0.497 e. The zero-order valence-corrected chi connectivity index (χ0v) is 12.8. The number of halogens is 2. The predicted octanol–water partition coefficient (Wildman–Crippen LogP) is 4.62. The fourth-order valence-electron chi connectivity index (χ4n) is 1.85. The van der Waals surface area contributed by atoms with Crippen LogP contribution < -0.4 is 14.8 Å². The smallest absolute Gasteiger partial charge is 0.124 e.